The Bertz CT molecular complexity index is 750. The van der Waals surface area contributed by atoms with Gasteiger partial charge in [0.25, 0.3) is 5.91 Å². The van der Waals surface area contributed by atoms with Crippen LogP contribution in [-0.4, -0.2) is 34.0 Å². The lowest BCUT2D eigenvalue weighted by Gasteiger charge is -2.28. The Morgan fingerprint density at radius 2 is 1.46 bits per heavy atom. The molecular formula is C18H16N2O4. The van der Waals surface area contributed by atoms with Crippen LogP contribution in [0.5, 0.6) is 0 Å². The molecule has 1 heterocycles. The fourth-order valence-corrected chi connectivity index (χ4v) is 2.94. The number of imide groups is 1. The van der Waals surface area contributed by atoms with Gasteiger partial charge in [-0.2, -0.15) is 0 Å². The van der Waals surface area contributed by atoms with Gasteiger partial charge in [-0.05, 0) is 18.1 Å². The zero-order chi connectivity index (χ0) is 17.3. The number of benzene rings is 2. The Balaban J connectivity index is 2.20. The van der Waals surface area contributed by atoms with Gasteiger partial charge in [-0.15, -0.1) is 0 Å². The first-order valence-electron chi connectivity index (χ1n) is 7.48. The molecule has 1 unspecified atom stereocenters. The van der Waals surface area contributed by atoms with Gasteiger partial charge in [-0.1, -0.05) is 60.7 Å². The molecular weight excluding hydrogens is 308 g/mol. The molecule has 1 aliphatic heterocycles. The van der Waals surface area contributed by atoms with Crippen molar-refractivity contribution >= 4 is 17.9 Å². The highest BCUT2D eigenvalue weighted by molar-refractivity contribution is 6.11. The lowest BCUT2D eigenvalue weighted by Crippen LogP contribution is -2.47. The quantitative estimate of drug-likeness (QED) is 0.842. The Morgan fingerprint density at radius 1 is 1.00 bits per heavy atom. The number of nitrogens with one attached hydrogen (secondary N) is 1. The predicted molar refractivity (Wildman–Crippen MR) is 86.1 cm³/mol. The van der Waals surface area contributed by atoms with Crippen molar-refractivity contribution in [2.45, 2.75) is 18.5 Å². The molecule has 6 nitrogen and oxygen atoms in total. The first-order chi connectivity index (χ1) is 11.5. The minimum absolute atomic E-state index is 0.578. The number of aliphatic carboxylic acids is 1. The zero-order valence-corrected chi connectivity index (χ0v) is 13.0. The topological polar surface area (TPSA) is 86.7 Å². The monoisotopic (exact) mass is 324 g/mol. The summed E-state index contributed by atoms with van der Waals surface area (Å²) in [6, 6.07) is 15.6. The Labute approximate surface area is 138 Å². The number of carbonyl (C=O) groups excluding carboxylic acids is 2. The summed E-state index contributed by atoms with van der Waals surface area (Å²) in [6.07, 6.45) is 0. The minimum Gasteiger partial charge on any atom is -0.480 e. The van der Waals surface area contributed by atoms with E-state index in [9.17, 15) is 19.5 Å². The second kappa shape index (κ2) is 5.81. The van der Waals surface area contributed by atoms with Crippen LogP contribution in [0.3, 0.4) is 0 Å². The second-order valence-electron chi connectivity index (χ2n) is 5.60. The maximum Gasteiger partial charge on any atom is 0.326 e. The van der Waals surface area contributed by atoms with Crippen LogP contribution < -0.4 is 5.32 Å². The lowest BCUT2D eigenvalue weighted by atomic mass is 9.82. The third-order valence-electron chi connectivity index (χ3n) is 4.21. The van der Waals surface area contributed by atoms with E-state index >= 15 is 0 Å². The number of urea groups is 1. The fraction of sp³-hybridized carbons (Fsp3) is 0.167. The molecule has 0 saturated carbocycles. The van der Waals surface area contributed by atoms with Crippen molar-refractivity contribution in [3.8, 4) is 0 Å². The van der Waals surface area contributed by atoms with Crippen LogP contribution in [0.15, 0.2) is 60.7 Å². The molecule has 0 radical (unpaired) electrons. The van der Waals surface area contributed by atoms with Crippen LogP contribution in [0.2, 0.25) is 0 Å². The molecule has 2 aromatic rings. The largest absolute Gasteiger partial charge is 0.480 e. The SMILES string of the molecule is CC(C(=O)O)N1C(=O)NC(c2ccccc2)(c2ccccc2)C1=O. The van der Waals surface area contributed by atoms with Crippen LogP contribution in [0.4, 0.5) is 4.79 Å². The molecule has 0 aliphatic carbocycles. The van der Waals surface area contributed by atoms with Crippen LogP contribution in [0.25, 0.3) is 0 Å². The van der Waals surface area contributed by atoms with E-state index in [0.29, 0.717) is 11.1 Å². The smallest absolute Gasteiger partial charge is 0.326 e. The van der Waals surface area contributed by atoms with E-state index in [1.54, 1.807) is 60.7 Å². The van der Waals surface area contributed by atoms with Gasteiger partial charge < -0.3 is 10.4 Å². The van der Waals surface area contributed by atoms with E-state index in [-0.39, 0.29) is 0 Å². The highest BCUT2D eigenvalue weighted by Crippen LogP contribution is 2.36. The van der Waals surface area contributed by atoms with E-state index in [4.69, 9.17) is 0 Å². The number of carboxylic acids is 1. The van der Waals surface area contributed by atoms with E-state index < -0.39 is 29.5 Å². The molecule has 0 bridgehead atoms. The third kappa shape index (κ3) is 2.23. The third-order valence-corrected chi connectivity index (χ3v) is 4.21. The van der Waals surface area contributed by atoms with Crippen molar-refractivity contribution in [1.29, 1.82) is 0 Å². The molecule has 1 saturated heterocycles. The number of amides is 3. The normalized spacial score (nSPS) is 17.5. The summed E-state index contributed by atoms with van der Waals surface area (Å²) in [5, 5.41) is 11.9. The van der Waals surface area contributed by atoms with E-state index in [2.05, 4.69) is 5.32 Å². The first-order valence-corrected chi connectivity index (χ1v) is 7.48. The molecule has 0 spiro atoms. The molecule has 1 fully saturated rings. The average molecular weight is 324 g/mol. The van der Waals surface area contributed by atoms with Crippen LogP contribution in [0, 0.1) is 0 Å². The zero-order valence-electron chi connectivity index (χ0n) is 13.0. The number of carboxylic acid groups (broad SMARTS) is 1. The molecule has 1 aliphatic rings. The van der Waals surface area contributed by atoms with Crippen molar-refractivity contribution in [2.24, 2.45) is 0 Å². The van der Waals surface area contributed by atoms with Crippen LogP contribution in [0.1, 0.15) is 18.1 Å². The van der Waals surface area contributed by atoms with Crippen LogP contribution >= 0.6 is 0 Å². The van der Waals surface area contributed by atoms with Crippen molar-refractivity contribution in [3.63, 3.8) is 0 Å². The molecule has 3 amide bonds. The Morgan fingerprint density at radius 3 is 1.88 bits per heavy atom. The van der Waals surface area contributed by atoms with E-state index in [1.807, 2.05) is 0 Å². The fourth-order valence-electron chi connectivity index (χ4n) is 2.94. The lowest BCUT2D eigenvalue weighted by molar-refractivity contribution is -0.146. The van der Waals surface area contributed by atoms with Crippen molar-refractivity contribution in [1.82, 2.24) is 10.2 Å². The molecule has 1 atom stereocenters. The number of rotatable bonds is 4. The summed E-state index contributed by atoms with van der Waals surface area (Å²) in [7, 11) is 0. The maximum atomic E-state index is 13.2. The molecule has 2 aromatic carbocycles. The molecule has 3 rings (SSSR count). The van der Waals surface area contributed by atoms with E-state index in [1.165, 1.54) is 6.92 Å². The molecule has 0 aromatic heterocycles. The maximum absolute atomic E-state index is 13.2. The predicted octanol–water partition coefficient (Wildman–Crippen LogP) is 1.96. The van der Waals surface area contributed by atoms with Crippen molar-refractivity contribution in [2.75, 3.05) is 0 Å². The van der Waals surface area contributed by atoms with E-state index in [0.717, 1.165) is 4.90 Å². The van der Waals surface area contributed by atoms with Gasteiger partial charge in [0.05, 0.1) is 0 Å². The van der Waals surface area contributed by atoms with Gasteiger partial charge in [0.15, 0.2) is 5.54 Å². The average Bonchev–Trinajstić information content (AvgIpc) is 2.87. The van der Waals surface area contributed by atoms with Gasteiger partial charge in [-0.3, -0.25) is 4.79 Å². The second-order valence-corrected chi connectivity index (χ2v) is 5.60. The summed E-state index contributed by atoms with van der Waals surface area (Å²) < 4.78 is 0. The molecule has 24 heavy (non-hydrogen) atoms. The number of carbonyl (C=O) groups is 3. The number of nitrogens with zero attached hydrogens (tertiary/aromatic N) is 1. The van der Waals surface area contributed by atoms with Gasteiger partial charge >= 0.3 is 12.0 Å². The number of hydrogen-bond donors (Lipinski definition) is 2. The first kappa shape index (κ1) is 15.7. The van der Waals surface area contributed by atoms with Gasteiger partial charge in [0, 0.05) is 0 Å². The summed E-state index contributed by atoms with van der Waals surface area (Å²) in [4.78, 5) is 37.6. The van der Waals surface area contributed by atoms with Crippen LogP contribution in [-0.2, 0) is 15.1 Å². The van der Waals surface area contributed by atoms with Crippen molar-refractivity contribution in [3.05, 3.63) is 71.8 Å². The summed E-state index contributed by atoms with van der Waals surface area (Å²) >= 11 is 0. The van der Waals surface area contributed by atoms with Gasteiger partial charge in [-0.25, -0.2) is 14.5 Å². The van der Waals surface area contributed by atoms with Crippen molar-refractivity contribution < 1.29 is 19.5 Å². The van der Waals surface area contributed by atoms with Gasteiger partial charge in [0.1, 0.15) is 6.04 Å². The molecule has 2 N–H and O–H groups in total. The minimum atomic E-state index is -1.43. The summed E-state index contributed by atoms with van der Waals surface area (Å²) in [5.41, 5.74) is -0.271. The summed E-state index contributed by atoms with van der Waals surface area (Å²) in [5.74, 6) is -1.84. The Hall–Kier alpha value is -3.15. The van der Waals surface area contributed by atoms with Gasteiger partial charge in [0.2, 0.25) is 0 Å². The number of hydrogen-bond acceptors (Lipinski definition) is 3. The standard InChI is InChI=1S/C18H16N2O4/c1-12(15(21)22)20-16(23)18(19-17(20)24,13-8-4-2-5-9-13)14-10-6-3-7-11-14/h2-12H,1H3,(H,19,24)(H,21,22). The molecule has 6 heteroatoms. The highest BCUT2D eigenvalue weighted by atomic mass is 16.4. The summed E-state index contributed by atoms with van der Waals surface area (Å²) in [6.45, 7) is 1.31. The Kier molecular flexibility index (Phi) is 3.81. The highest BCUT2D eigenvalue weighted by Gasteiger charge is 2.55. The molecule has 122 valence electrons.